The zero-order chi connectivity index (χ0) is 15.5. The molecule has 1 N–H and O–H groups in total. The zero-order valence-electron chi connectivity index (χ0n) is 10.2. The standard InChI is InChI=1S/C10H10BrClFNO4S2/c1-19(16)3-2-14-10(15)6-4-9(20(12,17)18)8(13)5-7(6)11/h4-5H,2-3H2,1H3,(H,14,15). The van der Waals surface area contributed by atoms with Gasteiger partial charge in [0.2, 0.25) is 0 Å². The Morgan fingerprint density at radius 2 is 2.10 bits per heavy atom. The maximum atomic E-state index is 13.5. The summed E-state index contributed by atoms with van der Waals surface area (Å²) in [6.07, 6.45) is 1.48. The Kier molecular flexibility index (Phi) is 6.11. The molecule has 0 spiro atoms. The first-order valence-corrected chi connectivity index (χ1v) is 9.98. The second-order valence-electron chi connectivity index (χ2n) is 3.73. The maximum absolute atomic E-state index is 13.5. The molecule has 0 saturated carbocycles. The summed E-state index contributed by atoms with van der Waals surface area (Å²) in [4.78, 5) is 11.1. The van der Waals surface area contributed by atoms with Crippen molar-refractivity contribution in [2.24, 2.45) is 0 Å². The minimum atomic E-state index is -4.29. The molecule has 1 aromatic rings. The first-order chi connectivity index (χ1) is 9.12. The Bertz CT molecular complexity index is 665. The summed E-state index contributed by atoms with van der Waals surface area (Å²) in [7, 11) is -0.278. The smallest absolute Gasteiger partial charge is 0.264 e. The van der Waals surface area contributed by atoms with Crippen molar-refractivity contribution in [3.8, 4) is 0 Å². The van der Waals surface area contributed by atoms with Gasteiger partial charge in [-0.05, 0) is 28.1 Å². The van der Waals surface area contributed by atoms with Crippen molar-refractivity contribution in [3.05, 3.63) is 28.0 Å². The predicted octanol–water partition coefficient (Wildman–Crippen LogP) is 1.62. The van der Waals surface area contributed by atoms with Gasteiger partial charge in [-0.2, -0.15) is 0 Å². The van der Waals surface area contributed by atoms with Crippen LogP contribution in [0.4, 0.5) is 4.39 Å². The van der Waals surface area contributed by atoms with Gasteiger partial charge in [-0.3, -0.25) is 9.00 Å². The van der Waals surface area contributed by atoms with Crippen molar-refractivity contribution in [2.45, 2.75) is 4.90 Å². The molecule has 112 valence electrons. The molecule has 0 aliphatic heterocycles. The molecule has 0 saturated heterocycles. The van der Waals surface area contributed by atoms with E-state index in [1.165, 1.54) is 6.26 Å². The van der Waals surface area contributed by atoms with Crippen molar-refractivity contribution >= 4 is 52.4 Å². The van der Waals surface area contributed by atoms with Crippen LogP contribution in [0.15, 0.2) is 21.5 Å². The van der Waals surface area contributed by atoms with E-state index in [0.29, 0.717) is 0 Å². The number of amides is 1. The number of benzene rings is 1. The topological polar surface area (TPSA) is 80.3 Å². The van der Waals surface area contributed by atoms with Crippen LogP contribution in [0.25, 0.3) is 0 Å². The Labute approximate surface area is 130 Å². The number of carbonyl (C=O) groups excluding carboxylic acids is 1. The van der Waals surface area contributed by atoms with Crippen LogP contribution in [0.5, 0.6) is 0 Å². The third-order valence-corrected chi connectivity index (χ3v) is 4.98. The summed E-state index contributed by atoms with van der Waals surface area (Å²) in [6.45, 7) is 0.148. The van der Waals surface area contributed by atoms with Crippen LogP contribution >= 0.6 is 26.6 Å². The highest BCUT2D eigenvalue weighted by atomic mass is 79.9. The lowest BCUT2D eigenvalue weighted by atomic mass is 10.2. The van der Waals surface area contributed by atoms with E-state index in [0.717, 1.165) is 12.1 Å². The minimum Gasteiger partial charge on any atom is -0.351 e. The molecule has 0 radical (unpaired) electrons. The van der Waals surface area contributed by atoms with E-state index in [1.54, 1.807) is 0 Å². The van der Waals surface area contributed by atoms with Gasteiger partial charge in [0.05, 0.1) is 5.56 Å². The predicted molar refractivity (Wildman–Crippen MR) is 78.4 cm³/mol. The molecule has 0 aliphatic rings. The van der Waals surface area contributed by atoms with Gasteiger partial charge in [-0.25, -0.2) is 12.8 Å². The molecule has 1 rings (SSSR count). The molecular formula is C10H10BrClFNO4S2. The van der Waals surface area contributed by atoms with E-state index in [4.69, 9.17) is 10.7 Å². The first-order valence-electron chi connectivity index (χ1n) is 5.15. The van der Waals surface area contributed by atoms with E-state index >= 15 is 0 Å². The van der Waals surface area contributed by atoms with Crippen LogP contribution in [0.2, 0.25) is 0 Å². The van der Waals surface area contributed by atoms with Gasteiger partial charge in [0.25, 0.3) is 15.0 Å². The molecule has 1 aromatic carbocycles. The van der Waals surface area contributed by atoms with Crippen molar-refractivity contribution in [2.75, 3.05) is 18.6 Å². The fourth-order valence-corrected chi connectivity index (χ4v) is 3.08. The summed E-state index contributed by atoms with van der Waals surface area (Å²) in [5, 5.41) is 2.45. The van der Waals surface area contributed by atoms with Gasteiger partial charge in [-0.15, -0.1) is 0 Å². The number of halogens is 3. The molecule has 0 heterocycles. The van der Waals surface area contributed by atoms with Crippen LogP contribution in [0.1, 0.15) is 10.4 Å². The van der Waals surface area contributed by atoms with Crippen molar-refractivity contribution < 1.29 is 21.8 Å². The highest BCUT2D eigenvalue weighted by molar-refractivity contribution is 9.10. The molecule has 0 aromatic heterocycles. The molecule has 0 fully saturated rings. The molecule has 0 aliphatic carbocycles. The normalized spacial score (nSPS) is 13.0. The lowest BCUT2D eigenvalue weighted by Gasteiger charge is -2.08. The van der Waals surface area contributed by atoms with E-state index in [9.17, 15) is 21.8 Å². The minimum absolute atomic E-state index is 0.0764. The Morgan fingerprint density at radius 1 is 1.50 bits per heavy atom. The molecule has 1 unspecified atom stereocenters. The molecule has 0 bridgehead atoms. The monoisotopic (exact) mass is 405 g/mol. The van der Waals surface area contributed by atoms with E-state index in [2.05, 4.69) is 21.2 Å². The summed E-state index contributed by atoms with van der Waals surface area (Å²) in [5.41, 5.74) is -0.0764. The maximum Gasteiger partial charge on any atom is 0.264 e. The summed E-state index contributed by atoms with van der Waals surface area (Å²) < 4.78 is 46.8. The SMILES string of the molecule is CS(=O)CCNC(=O)c1cc(S(=O)(=O)Cl)c(F)cc1Br. The number of hydrogen-bond acceptors (Lipinski definition) is 4. The van der Waals surface area contributed by atoms with Crippen LogP contribution in [0.3, 0.4) is 0 Å². The third-order valence-electron chi connectivity index (χ3n) is 2.20. The fourth-order valence-electron chi connectivity index (χ4n) is 1.29. The van der Waals surface area contributed by atoms with Crippen molar-refractivity contribution in [1.82, 2.24) is 5.32 Å². The molecule has 1 amide bonds. The highest BCUT2D eigenvalue weighted by Gasteiger charge is 2.21. The van der Waals surface area contributed by atoms with Gasteiger partial charge in [0.15, 0.2) is 0 Å². The van der Waals surface area contributed by atoms with Crippen molar-refractivity contribution in [3.63, 3.8) is 0 Å². The average Bonchev–Trinajstić information content (AvgIpc) is 2.26. The highest BCUT2D eigenvalue weighted by Crippen LogP contribution is 2.26. The average molecular weight is 407 g/mol. The number of carbonyl (C=O) groups is 1. The number of nitrogens with one attached hydrogen (secondary N) is 1. The van der Waals surface area contributed by atoms with Crippen LogP contribution in [-0.4, -0.2) is 37.1 Å². The molecule has 5 nitrogen and oxygen atoms in total. The van der Waals surface area contributed by atoms with Gasteiger partial charge in [0.1, 0.15) is 10.7 Å². The van der Waals surface area contributed by atoms with Gasteiger partial charge in [-0.1, -0.05) is 0 Å². The molecule has 20 heavy (non-hydrogen) atoms. The molecular weight excluding hydrogens is 397 g/mol. The molecule has 10 heteroatoms. The van der Waals surface area contributed by atoms with Crippen LogP contribution in [-0.2, 0) is 19.9 Å². The quantitative estimate of drug-likeness (QED) is 0.754. The Morgan fingerprint density at radius 3 is 2.60 bits per heavy atom. The number of rotatable bonds is 5. The Balaban J connectivity index is 3.06. The van der Waals surface area contributed by atoms with Crippen molar-refractivity contribution in [1.29, 1.82) is 0 Å². The third kappa shape index (κ3) is 4.80. The van der Waals surface area contributed by atoms with E-state index < -0.39 is 36.5 Å². The second-order valence-corrected chi connectivity index (χ2v) is 8.68. The van der Waals surface area contributed by atoms with Crippen LogP contribution in [0, 0.1) is 5.82 Å². The summed E-state index contributed by atoms with van der Waals surface area (Å²) in [5.74, 6) is -1.42. The van der Waals surface area contributed by atoms with Crippen LogP contribution < -0.4 is 5.32 Å². The molecule has 1 atom stereocenters. The lowest BCUT2D eigenvalue weighted by molar-refractivity contribution is 0.0955. The van der Waals surface area contributed by atoms with Gasteiger partial charge >= 0.3 is 0 Å². The fraction of sp³-hybridized carbons (Fsp3) is 0.300. The Hall–Kier alpha value is -0.510. The second kappa shape index (κ2) is 6.97. The van der Waals surface area contributed by atoms with Gasteiger partial charge in [0, 0.05) is 44.5 Å². The lowest BCUT2D eigenvalue weighted by Crippen LogP contribution is -2.28. The largest absolute Gasteiger partial charge is 0.351 e. The zero-order valence-corrected chi connectivity index (χ0v) is 14.1. The van der Waals surface area contributed by atoms with E-state index in [-0.39, 0.29) is 22.3 Å². The summed E-state index contributed by atoms with van der Waals surface area (Å²) >= 11 is 2.97. The summed E-state index contributed by atoms with van der Waals surface area (Å²) in [6, 6.07) is 1.70. The number of hydrogen-bond donors (Lipinski definition) is 1. The first kappa shape index (κ1) is 17.5. The van der Waals surface area contributed by atoms with Gasteiger partial charge < -0.3 is 5.32 Å². The van der Waals surface area contributed by atoms with E-state index in [1.807, 2.05) is 0 Å².